The molecule has 0 unspecified atom stereocenters. The van der Waals surface area contributed by atoms with Gasteiger partial charge in [-0.1, -0.05) is 36.8 Å². The fourth-order valence-corrected chi connectivity index (χ4v) is 2.01. The van der Waals surface area contributed by atoms with Crippen molar-refractivity contribution in [3.05, 3.63) is 46.5 Å². The van der Waals surface area contributed by atoms with Gasteiger partial charge < -0.3 is 0 Å². The van der Waals surface area contributed by atoms with Crippen molar-refractivity contribution in [2.75, 3.05) is 0 Å². The number of Topliss-reactive ketones (excluding diaryl/α,β-unsaturated/α-hetero) is 1. The molecule has 0 radical (unpaired) electrons. The van der Waals surface area contributed by atoms with Gasteiger partial charge in [0.05, 0.1) is 0 Å². The van der Waals surface area contributed by atoms with E-state index in [1.807, 2.05) is 25.1 Å². The summed E-state index contributed by atoms with van der Waals surface area (Å²) in [5.74, 6) is 0.212. The van der Waals surface area contributed by atoms with Crippen molar-refractivity contribution < 1.29 is 4.79 Å². The van der Waals surface area contributed by atoms with Gasteiger partial charge in [-0.25, -0.2) is 0 Å². The molecule has 0 saturated carbocycles. The first-order valence-corrected chi connectivity index (χ1v) is 5.05. The van der Waals surface area contributed by atoms with Crippen molar-refractivity contribution in [2.24, 2.45) is 0 Å². The summed E-state index contributed by atoms with van der Waals surface area (Å²) in [5, 5.41) is 0. The highest BCUT2D eigenvalue weighted by Crippen LogP contribution is 2.27. The lowest BCUT2D eigenvalue weighted by Gasteiger charge is -2.18. The first-order chi connectivity index (χ1) is 6.74. The Morgan fingerprint density at radius 1 is 1.29 bits per heavy atom. The topological polar surface area (TPSA) is 17.1 Å². The number of hydrogen-bond donors (Lipinski definition) is 0. The summed E-state index contributed by atoms with van der Waals surface area (Å²) in [4.78, 5) is 11.9. The largest absolute Gasteiger partial charge is 0.289 e. The van der Waals surface area contributed by atoms with Gasteiger partial charge in [0, 0.05) is 5.56 Å². The molecular formula is C13H14O. The van der Waals surface area contributed by atoms with E-state index in [0.29, 0.717) is 0 Å². The third-order valence-electron chi connectivity index (χ3n) is 2.96. The molecule has 0 fully saturated rings. The predicted octanol–water partition coefficient (Wildman–Crippen LogP) is 3.15. The van der Waals surface area contributed by atoms with E-state index in [-0.39, 0.29) is 5.78 Å². The molecule has 1 aromatic rings. The molecule has 0 atom stereocenters. The fourth-order valence-electron chi connectivity index (χ4n) is 2.01. The zero-order valence-corrected chi connectivity index (χ0v) is 8.63. The molecule has 2 rings (SSSR count). The van der Waals surface area contributed by atoms with Crippen LogP contribution in [0, 0.1) is 0 Å². The van der Waals surface area contributed by atoms with Crippen molar-refractivity contribution in [1.82, 2.24) is 0 Å². The van der Waals surface area contributed by atoms with Crippen LogP contribution in [0.5, 0.6) is 0 Å². The zero-order chi connectivity index (χ0) is 10.1. The summed E-state index contributed by atoms with van der Waals surface area (Å²) in [6.07, 6.45) is 1.93. The molecule has 1 aromatic carbocycles. The number of fused-ring (bicyclic) bond motifs is 1. The van der Waals surface area contributed by atoms with Crippen LogP contribution in [0.3, 0.4) is 0 Å². The summed E-state index contributed by atoms with van der Waals surface area (Å²) >= 11 is 0. The molecule has 0 saturated heterocycles. The minimum absolute atomic E-state index is 0.212. The van der Waals surface area contributed by atoms with E-state index in [2.05, 4.69) is 13.0 Å². The number of ketones is 1. The standard InChI is InChI=1S/C13H14O/c1-3-10-8-11-6-4-5-7-12(11)13(14)9(10)2/h4-7H,3,8H2,1-2H3. The molecule has 0 amide bonds. The first kappa shape index (κ1) is 9.20. The van der Waals surface area contributed by atoms with Gasteiger partial charge in [-0.15, -0.1) is 0 Å². The average Bonchev–Trinajstić information content (AvgIpc) is 2.23. The lowest BCUT2D eigenvalue weighted by Crippen LogP contribution is -2.14. The molecule has 72 valence electrons. The maximum Gasteiger partial charge on any atom is 0.188 e. The van der Waals surface area contributed by atoms with Crippen LogP contribution < -0.4 is 0 Å². The molecule has 1 nitrogen and oxygen atoms in total. The van der Waals surface area contributed by atoms with E-state index in [9.17, 15) is 4.79 Å². The summed E-state index contributed by atoms with van der Waals surface area (Å²) in [6, 6.07) is 7.91. The lowest BCUT2D eigenvalue weighted by atomic mass is 9.85. The Morgan fingerprint density at radius 3 is 2.71 bits per heavy atom. The van der Waals surface area contributed by atoms with Crippen molar-refractivity contribution in [3.63, 3.8) is 0 Å². The lowest BCUT2D eigenvalue weighted by molar-refractivity contribution is 0.103. The number of carbonyl (C=O) groups excluding carboxylic acids is 1. The smallest absolute Gasteiger partial charge is 0.188 e. The highest BCUT2D eigenvalue weighted by molar-refractivity contribution is 6.11. The molecule has 0 heterocycles. The molecule has 0 bridgehead atoms. The Hall–Kier alpha value is -1.37. The van der Waals surface area contributed by atoms with Gasteiger partial charge in [0.1, 0.15) is 0 Å². The van der Waals surface area contributed by atoms with Crippen LogP contribution in [0.1, 0.15) is 36.2 Å². The van der Waals surface area contributed by atoms with E-state index < -0.39 is 0 Å². The number of carbonyl (C=O) groups is 1. The highest BCUT2D eigenvalue weighted by atomic mass is 16.1. The molecule has 0 aliphatic heterocycles. The van der Waals surface area contributed by atoms with Crippen LogP contribution >= 0.6 is 0 Å². The van der Waals surface area contributed by atoms with E-state index >= 15 is 0 Å². The van der Waals surface area contributed by atoms with Gasteiger partial charge in [-0.05, 0) is 30.9 Å². The molecule has 1 heteroatoms. The monoisotopic (exact) mass is 186 g/mol. The van der Waals surface area contributed by atoms with Crippen LogP contribution in [-0.2, 0) is 6.42 Å². The molecule has 1 aliphatic rings. The van der Waals surface area contributed by atoms with E-state index in [1.54, 1.807) is 0 Å². The van der Waals surface area contributed by atoms with Gasteiger partial charge in [0.25, 0.3) is 0 Å². The summed E-state index contributed by atoms with van der Waals surface area (Å²) in [5.41, 5.74) is 4.31. The van der Waals surface area contributed by atoms with Gasteiger partial charge in [0.15, 0.2) is 5.78 Å². The number of rotatable bonds is 1. The second-order valence-electron chi connectivity index (χ2n) is 3.75. The van der Waals surface area contributed by atoms with Crippen LogP contribution in [0.25, 0.3) is 0 Å². The van der Waals surface area contributed by atoms with Crippen LogP contribution in [0.2, 0.25) is 0 Å². The molecular weight excluding hydrogens is 172 g/mol. The minimum Gasteiger partial charge on any atom is -0.289 e. The first-order valence-electron chi connectivity index (χ1n) is 5.05. The van der Waals surface area contributed by atoms with Crippen molar-refractivity contribution in [1.29, 1.82) is 0 Å². The number of benzene rings is 1. The summed E-state index contributed by atoms with van der Waals surface area (Å²) in [7, 11) is 0. The van der Waals surface area contributed by atoms with Gasteiger partial charge in [-0.3, -0.25) is 4.79 Å². The third kappa shape index (κ3) is 1.29. The summed E-state index contributed by atoms with van der Waals surface area (Å²) < 4.78 is 0. The van der Waals surface area contributed by atoms with Crippen molar-refractivity contribution >= 4 is 5.78 Å². The average molecular weight is 186 g/mol. The third-order valence-corrected chi connectivity index (χ3v) is 2.96. The normalized spacial score (nSPS) is 15.7. The molecule has 0 spiro atoms. The Bertz CT molecular complexity index is 413. The second kappa shape index (κ2) is 3.41. The Labute approximate surface area is 84.5 Å². The van der Waals surface area contributed by atoms with Crippen LogP contribution in [-0.4, -0.2) is 5.78 Å². The minimum atomic E-state index is 0.212. The van der Waals surface area contributed by atoms with Crippen LogP contribution in [0.15, 0.2) is 35.4 Å². The Balaban J connectivity index is 2.53. The second-order valence-corrected chi connectivity index (χ2v) is 3.75. The van der Waals surface area contributed by atoms with Crippen LogP contribution in [0.4, 0.5) is 0 Å². The number of allylic oxidation sites excluding steroid dienone is 2. The number of hydrogen-bond acceptors (Lipinski definition) is 1. The maximum atomic E-state index is 11.9. The van der Waals surface area contributed by atoms with E-state index in [0.717, 1.165) is 24.0 Å². The van der Waals surface area contributed by atoms with Gasteiger partial charge >= 0.3 is 0 Å². The molecule has 0 aromatic heterocycles. The summed E-state index contributed by atoms with van der Waals surface area (Å²) in [6.45, 7) is 4.05. The SMILES string of the molecule is CCC1=C(C)C(=O)c2ccccc2C1. The predicted molar refractivity (Wildman–Crippen MR) is 57.5 cm³/mol. The maximum absolute atomic E-state index is 11.9. The fraction of sp³-hybridized carbons (Fsp3) is 0.308. The van der Waals surface area contributed by atoms with E-state index in [1.165, 1.54) is 11.1 Å². The van der Waals surface area contributed by atoms with Gasteiger partial charge in [-0.2, -0.15) is 0 Å². The molecule has 1 aliphatic carbocycles. The quantitative estimate of drug-likeness (QED) is 0.658. The molecule has 14 heavy (non-hydrogen) atoms. The Morgan fingerprint density at radius 2 is 2.00 bits per heavy atom. The Kier molecular flexibility index (Phi) is 2.24. The van der Waals surface area contributed by atoms with Crippen molar-refractivity contribution in [3.8, 4) is 0 Å². The van der Waals surface area contributed by atoms with E-state index in [4.69, 9.17) is 0 Å². The molecule has 0 N–H and O–H groups in total. The zero-order valence-electron chi connectivity index (χ0n) is 8.63. The van der Waals surface area contributed by atoms with Crippen molar-refractivity contribution in [2.45, 2.75) is 26.7 Å². The highest BCUT2D eigenvalue weighted by Gasteiger charge is 2.20. The van der Waals surface area contributed by atoms with Gasteiger partial charge in [0.2, 0.25) is 0 Å².